The Labute approximate surface area is 177 Å². The molecule has 4 rings (SSSR count). The second kappa shape index (κ2) is 8.47. The molecular formula is C26H28FNO2. The van der Waals surface area contributed by atoms with E-state index in [0.29, 0.717) is 18.4 Å². The molecule has 156 valence electrons. The monoisotopic (exact) mass is 405 g/mol. The number of benzene rings is 3. The van der Waals surface area contributed by atoms with Gasteiger partial charge in [0.15, 0.2) is 0 Å². The van der Waals surface area contributed by atoms with Gasteiger partial charge in [0.05, 0.1) is 11.5 Å². The van der Waals surface area contributed by atoms with Crippen LogP contribution in [0.3, 0.4) is 0 Å². The molecule has 0 aromatic heterocycles. The molecule has 1 saturated carbocycles. The van der Waals surface area contributed by atoms with Crippen molar-refractivity contribution in [3.63, 3.8) is 0 Å². The summed E-state index contributed by atoms with van der Waals surface area (Å²) < 4.78 is 20.7. The summed E-state index contributed by atoms with van der Waals surface area (Å²) >= 11 is 0. The predicted molar refractivity (Wildman–Crippen MR) is 120 cm³/mol. The summed E-state index contributed by atoms with van der Waals surface area (Å²) in [5, 5.41) is 5.01. The van der Waals surface area contributed by atoms with Gasteiger partial charge in [0, 0.05) is 22.0 Å². The number of anilines is 1. The van der Waals surface area contributed by atoms with Crippen LogP contribution in [-0.4, -0.2) is 12.0 Å². The van der Waals surface area contributed by atoms with Crippen LogP contribution >= 0.6 is 0 Å². The number of hydrogen-bond acceptors (Lipinski definition) is 2. The number of nitrogens with one attached hydrogen (secondary N) is 1. The molecule has 3 nitrogen and oxygen atoms in total. The van der Waals surface area contributed by atoms with E-state index in [4.69, 9.17) is 4.74 Å². The molecule has 1 atom stereocenters. The van der Waals surface area contributed by atoms with Crippen LogP contribution in [0.1, 0.15) is 51.5 Å². The summed E-state index contributed by atoms with van der Waals surface area (Å²) in [6, 6.07) is 18.4. The Morgan fingerprint density at radius 3 is 2.40 bits per heavy atom. The van der Waals surface area contributed by atoms with E-state index in [-0.39, 0.29) is 17.8 Å². The molecule has 0 spiro atoms. The van der Waals surface area contributed by atoms with Gasteiger partial charge in [0.1, 0.15) is 11.6 Å². The molecular weight excluding hydrogens is 377 g/mol. The van der Waals surface area contributed by atoms with Gasteiger partial charge in [-0.3, -0.25) is 4.79 Å². The molecule has 1 amide bonds. The van der Waals surface area contributed by atoms with Crippen molar-refractivity contribution in [2.45, 2.75) is 57.5 Å². The van der Waals surface area contributed by atoms with Gasteiger partial charge in [-0.15, -0.1) is 0 Å². The van der Waals surface area contributed by atoms with Crippen LogP contribution in [0, 0.1) is 5.82 Å². The fourth-order valence-electron chi connectivity index (χ4n) is 4.47. The maximum atomic E-state index is 14.6. The van der Waals surface area contributed by atoms with Gasteiger partial charge in [-0.1, -0.05) is 62.2 Å². The van der Waals surface area contributed by atoms with Crippen molar-refractivity contribution in [3.8, 4) is 5.75 Å². The fraction of sp³-hybridized carbons (Fsp3) is 0.346. The molecule has 1 fully saturated rings. The Morgan fingerprint density at radius 2 is 1.70 bits per heavy atom. The number of carbonyl (C=O) groups is 1. The molecule has 1 N–H and O–H groups in total. The highest BCUT2D eigenvalue weighted by atomic mass is 19.1. The zero-order valence-corrected chi connectivity index (χ0v) is 17.6. The van der Waals surface area contributed by atoms with Crippen molar-refractivity contribution in [1.82, 2.24) is 0 Å². The normalized spacial score (nSPS) is 16.4. The van der Waals surface area contributed by atoms with Crippen LogP contribution in [0.5, 0.6) is 5.75 Å². The average molecular weight is 406 g/mol. The smallest absolute Gasteiger partial charge is 0.235 e. The van der Waals surface area contributed by atoms with Crippen molar-refractivity contribution in [1.29, 1.82) is 0 Å². The molecule has 0 heterocycles. The highest BCUT2D eigenvalue weighted by molar-refractivity contribution is 6.07. The number of rotatable bonds is 6. The number of fused-ring (bicyclic) bond motifs is 1. The molecule has 1 aliphatic carbocycles. The van der Waals surface area contributed by atoms with Crippen molar-refractivity contribution in [3.05, 3.63) is 72.0 Å². The summed E-state index contributed by atoms with van der Waals surface area (Å²) in [5.74, 6) is 0.366. The van der Waals surface area contributed by atoms with Gasteiger partial charge >= 0.3 is 0 Å². The summed E-state index contributed by atoms with van der Waals surface area (Å²) in [4.78, 5) is 13.5. The van der Waals surface area contributed by atoms with E-state index < -0.39 is 5.41 Å². The lowest BCUT2D eigenvalue weighted by Crippen LogP contribution is -2.38. The summed E-state index contributed by atoms with van der Waals surface area (Å²) in [7, 11) is 0. The zero-order chi connectivity index (χ0) is 21.1. The summed E-state index contributed by atoms with van der Waals surface area (Å²) in [6.07, 6.45) is 4.18. The number of amides is 1. The minimum Gasteiger partial charge on any atom is -0.490 e. The van der Waals surface area contributed by atoms with Crippen LogP contribution in [0.2, 0.25) is 0 Å². The standard InChI is InChI=1S/C26H28FNO2/c1-3-18(2)30-24-15-14-23(19-10-4-5-11-20(19)24)28-25(29)26(16-8-9-17-26)21-12-6-7-13-22(21)27/h4-7,10-15,18H,3,8-9,16-17H2,1-2H3,(H,28,29)/t18-/m0/s1. The molecule has 1 aliphatic rings. The van der Waals surface area contributed by atoms with E-state index in [1.165, 1.54) is 6.07 Å². The van der Waals surface area contributed by atoms with Gasteiger partial charge in [0.2, 0.25) is 5.91 Å². The second-order valence-corrected chi connectivity index (χ2v) is 8.22. The van der Waals surface area contributed by atoms with E-state index in [9.17, 15) is 9.18 Å². The van der Waals surface area contributed by atoms with Gasteiger partial charge in [-0.25, -0.2) is 4.39 Å². The van der Waals surface area contributed by atoms with Crippen molar-refractivity contribution in [2.75, 3.05) is 5.32 Å². The van der Waals surface area contributed by atoms with Gasteiger partial charge in [-0.2, -0.15) is 0 Å². The average Bonchev–Trinajstić information content (AvgIpc) is 3.26. The van der Waals surface area contributed by atoms with E-state index in [2.05, 4.69) is 12.2 Å². The first-order valence-corrected chi connectivity index (χ1v) is 10.8. The van der Waals surface area contributed by atoms with Crippen molar-refractivity contribution < 1.29 is 13.9 Å². The first-order chi connectivity index (χ1) is 14.5. The van der Waals surface area contributed by atoms with Crippen LogP contribution in [0.15, 0.2) is 60.7 Å². The summed E-state index contributed by atoms with van der Waals surface area (Å²) in [5.41, 5.74) is 0.411. The summed E-state index contributed by atoms with van der Waals surface area (Å²) in [6.45, 7) is 4.13. The molecule has 0 bridgehead atoms. The number of hydrogen-bond donors (Lipinski definition) is 1. The largest absolute Gasteiger partial charge is 0.490 e. The van der Waals surface area contributed by atoms with Crippen LogP contribution < -0.4 is 10.1 Å². The van der Waals surface area contributed by atoms with E-state index >= 15 is 0 Å². The molecule has 0 radical (unpaired) electrons. The van der Waals surface area contributed by atoms with Gasteiger partial charge in [-0.05, 0) is 44.4 Å². The van der Waals surface area contributed by atoms with Crippen molar-refractivity contribution >= 4 is 22.4 Å². The number of ether oxygens (including phenoxy) is 1. The molecule has 0 saturated heterocycles. The Morgan fingerprint density at radius 1 is 1.03 bits per heavy atom. The minimum absolute atomic E-state index is 0.108. The van der Waals surface area contributed by atoms with E-state index in [1.807, 2.05) is 49.4 Å². The zero-order valence-electron chi connectivity index (χ0n) is 17.6. The Kier molecular flexibility index (Phi) is 5.76. The topological polar surface area (TPSA) is 38.3 Å². The lowest BCUT2D eigenvalue weighted by atomic mass is 9.77. The second-order valence-electron chi connectivity index (χ2n) is 8.22. The first-order valence-electron chi connectivity index (χ1n) is 10.8. The lowest BCUT2D eigenvalue weighted by Gasteiger charge is -2.29. The number of halogens is 1. The quantitative estimate of drug-likeness (QED) is 0.501. The molecule has 3 aromatic carbocycles. The molecule has 30 heavy (non-hydrogen) atoms. The van der Waals surface area contributed by atoms with E-state index in [0.717, 1.165) is 41.5 Å². The Bertz CT molecular complexity index is 1060. The number of carbonyl (C=O) groups excluding carboxylic acids is 1. The third-order valence-corrected chi connectivity index (χ3v) is 6.32. The SMILES string of the molecule is CC[C@H](C)Oc1ccc(NC(=O)C2(c3ccccc3F)CCCC2)c2ccccc12. The van der Waals surface area contributed by atoms with Gasteiger partial charge in [0.25, 0.3) is 0 Å². The maximum Gasteiger partial charge on any atom is 0.235 e. The molecule has 0 aliphatic heterocycles. The Balaban J connectivity index is 1.71. The van der Waals surface area contributed by atoms with E-state index in [1.54, 1.807) is 12.1 Å². The molecule has 4 heteroatoms. The van der Waals surface area contributed by atoms with Crippen LogP contribution in [0.4, 0.5) is 10.1 Å². The lowest BCUT2D eigenvalue weighted by molar-refractivity contribution is -0.121. The highest BCUT2D eigenvalue weighted by Gasteiger charge is 2.44. The maximum absolute atomic E-state index is 14.6. The minimum atomic E-state index is -0.821. The Hall–Kier alpha value is -2.88. The predicted octanol–water partition coefficient (Wildman–Crippen LogP) is 6.61. The fourth-order valence-corrected chi connectivity index (χ4v) is 4.47. The van der Waals surface area contributed by atoms with Crippen LogP contribution in [-0.2, 0) is 10.2 Å². The molecule has 0 unspecified atom stereocenters. The first kappa shape index (κ1) is 20.4. The van der Waals surface area contributed by atoms with Crippen molar-refractivity contribution in [2.24, 2.45) is 0 Å². The van der Waals surface area contributed by atoms with Crippen LogP contribution in [0.25, 0.3) is 10.8 Å². The third-order valence-electron chi connectivity index (χ3n) is 6.32. The third kappa shape index (κ3) is 3.67. The molecule has 3 aromatic rings. The highest BCUT2D eigenvalue weighted by Crippen LogP contribution is 2.43. The van der Waals surface area contributed by atoms with Gasteiger partial charge < -0.3 is 10.1 Å².